The van der Waals surface area contributed by atoms with Gasteiger partial charge in [-0.15, -0.1) is 0 Å². The third-order valence-corrected chi connectivity index (χ3v) is 8.50. The van der Waals surface area contributed by atoms with E-state index >= 15 is 0 Å². The molecule has 0 amide bonds. The maximum Gasteiger partial charge on any atom is 0.200 e. The number of aliphatic imine (C=N–C) groups is 2. The van der Waals surface area contributed by atoms with E-state index in [1.54, 1.807) is 12.1 Å². The summed E-state index contributed by atoms with van der Waals surface area (Å²) in [5.41, 5.74) is 2.76. The summed E-state index contributed by atoms with van der Waals surface area (Å²) in [7, 11) is 0. The molecule has 0 fully saturated rings. The van der Waals surface area contributed by atoms with Crippen molar-refractivity contribution in [2.24, 2.45) is 9.98 Å². The first-order chi connectivity index (χ1) is 23.5. The molecule has 0 unspecified atom stereocenters. The summed E-state index contributed by atoms with van der Waals surface area (Å²) in [4.78, 5) is 37.0. The highest BCUT2D eigenvalue weighted by Crippen LogP contribution is 2.42. The highest BCUT2D eigenvalue weighted by Gasteiger charge is 2.37. The van der Waals surface area contributed by atoms with E-state index in [0.717, 1.165) is 32.7 Å². The number of anilines is 2. The summed E-state index contributed by atoms with van der Waals surface area (Å²) < 4.78 is 0. The van der Waals surface area contributed by atoms with E-state index in [0.29, 0.717) is 37.6 Å². The molecular formula is C40H32N4O4. The van der Waals surface area contributed by atoms with E-state index in [1.165, 1.54) is 12.1 Å². The van der Waals surface area contributed by atoms with Crippen molar-refractivity contribution in [1.82, 2.24) is 0 Å². The predicted molar refractivity (Wildman–Crippen MR) is 193 cm³/mol. The zero-order chi connectivity index (χ0) is 33.0. The fraction of sp³-hybridized carbons (Fsp3) is 0.100. The van der Waals surface area contributed by atoms with Gasteiger partial charge in [0.25, 0.3) is 0 Å². The Morgan fingerprint density at radius 1 is 0.500 bits per heavy atom. The molecule has 0 aromatic heterocycles. The lowest BCUT2D eigenvalue weighted by molar-refractivity contribution is 0.0975. The Kier molecular flexibility index (Phi) is 8.36. The Hall–Kier alpha value is -6.28. The third-order valence-electron chi connectivity index (χ3n) is 8.50. The van der Waals surface area contributed by atoms with Crippen LogP contribution in [0.1, 0.15) is 43.0 Å². The van der Waals surface area contributed by atoms with Crippen LogP contribution < -0.4 is 10.6 Å². The lowest BCUT2D eigenvalue weighted by atomic mass is 9.81. The fourth-order valence-electron chi connectivity index (χ4n) is 6.22. The standard InChI is InChI=1S/C40H32N4O4/c45-33-17-18-34(46)38-37(33)39(47)35-31(43-21-19-41-23-27-11-5-9-25-7-1-3-13-29(25)27)15-16-32(36(35)40(38)48)44-22-20-42-24-28-12-6-10-26-8-2-4-14-30(26)28/h1-18,23-24,43-46H,19-22H2/b41-23+,42-24+. The van der Waals surface area contributed by atoms with Crippen molar-refractivity contribution in [3.05, 3.63) is 143 Å². The van der Waals surface area contributed by atoms with Gasteiger partial charge in [-0.3, -0.25) is 19.6 Å². The Morgan fingerprint density at radius 3 is 1.38 bits per heavy atom. The van der Waals surface area contributed by atoms with Gasteiger partial charge in [-0.1, -0.05) is 84.9 Å². The van der Waals surface area contributed by atoms with Crippen LogP contribution in [0, 0.1) is 0 Å². The van der Waals surface area contributed by atoms with Crippen molar-refractivity contribution in [3.63, 3.8) is 0 Å². The molecule has 48 heavy (non-hydrogen) atoms. The average molecular weight is 633 g/mol. The molecule has 0 heterocycles. The van der Waals surface area contributed by atoms with Crippen LogP contribution in [0.5, 0.6) is 11.5 Å². The van der Waals surface area contributed by atoms with Crippen LogP contribution in [0.25, 0.3) is 21.5 Å². The summed E-state index contributed by atoms with van der Waals surface area (Å²) in [6, 6.07) is 34.3. The largest absolute Gasteiger partial charge is 0.507 e. The predicted octanol–water partition coefficient (Wildman–Crippen LogP) is 7.24. The number of carbonyl (C=O) groups excluding carboxylic acids is 2. The highest BCUT2D eigenvalue weighted by atomic mass is 16.3. The van der Waals surface area contributed by atoms with Crippen molar-refractivity contribution in [3.8, 4) is 11.5 Å². The van der Waals surface area contributed by atoms with E-state index in [4.69, 9.17) is 0 Å². The number of carbonyl (C=O) groups is 2. The first kappa shape index (κ1) is 30.4. The molecule has 8 nitrogen and oxygen atoms in total. The molecule has 0 radical (unpaired) electrons. The lowest BCUT2D eigenvalue weighted by Crippen LogP contribution is -2.25. The smallest absolute Gasteiger partial charge is 0.200 e. The van der Waals surface area contributed by atoms with Crippen LogP contribution in [0.3, 0.4) is 0 Å². The fourth-order valence-corrected chi connectivity index (χ4v) is 6.22. The van der Waals surface area contributed by atoms with E-state index in [1.807, 2.05) is 61.0 Å². The van der Waals surface area contributed by atoms with E-state index in [-0.39, 0.29) is 33.8 Å². The van der Waals surface area contributed by atoms with Crippen LogP contribution in [-0.4, -0.2) is 60.4 Å². The van der Waals surface area contributed by atoms with Crippen molar-refractivity contribution in [1.29, 1.82) is 0 Å². The minimum atomic E-state index is -0.549. The molecule has 4 N–H and O–H groups in total. The monoisotopic (exact) mass is 632 g/mol. The summed E-state index contributed by atoms with van der Waals surface area (Å²) >= 11 is 0. The zero-order valence-corrected chi connectivity index (χ0v) is 26.0. The van der Waals surface area contributed by atoms with Gasteiger partial charge in [-0.2, -0.15) is 0 Å². The Morgan fingerprint density at radius 2 is 0.917 bits per heavy atom. The maximum absolute atomic E-state index is 13.9. The molecule has 0 spiro atoms. The Balaban J connectivity index is 1.11. The number of fused-ring (bicyclic) bond motifs is 4. The first-order valence-electron chi connectivity index (χ1n) is 15.8. The van der Waals surface area contributed by atoms with Crippen molar-refractivity contribution < 1.29 is 19.8 Å². The molecule has 236 valence electrons. The second kappa shape index (κ2) is 13.2. The second-order valence-corrected chi connectivity index (χ2v) is 11.5. The normalized spacial score (nSPS) is 12.6. The molecule has 6 aromatic carbocycles. The number of hydrogen-bond donors (Lipinski definition) is 4. The minimum Gasteiger partial charge on any atom is -0.507 e. The van der Waals surface area contributed by atoms with Crippen molar-refractivity contribution >= 4 is 56.9 Å². The van der Waals surface area contributed by atoms with Gasteiger partial charge in [0.2, 0.25) is 11.6 Å². The molecule has 0 atom stereocenters. The molecule has 6 aromatic rings. The van der Waals surface area contributed by atoms with Gasteiger partial charge in [0.05, 0.1) is 35.3 Å². The van der Waals surface area contributed by atoms with Crippen LogP contribution in [0.4, 0.5) is 11.4 Å². The number of phenols is 2. The molecule has 0 bridgehead atoms. The highest BCUT2D eigenvalue weighted by molar-refractivity contribution is 6.33. The van der Waals surface area contributed by atoms with Crippen LogP contribution in [0.15, 0.2) is 119 Å². The summed E-state index contributed by atoms with van der Waals surface area (Å²) in [6.07, 6.45) is 3.67. The molecular weight excluding hydrogens is 600 g/mol. The number of phenolic OH excluding ortho intramolecular Hbond substituents is 2. The maximum atomic E-state index is 13.9. The van der Waals surface area contributed by atoms with Crippen LogP contribution in [0.2, 0.25) is 0 Å². The summed E-state index contributed by atoms with van der Waals surface area (Å²) in [6.45, 7) is 1.61. The SMILES string of the molecule is O=C1c2c(O)ccc(O)c2C(=O)c2c(NCC/N=C/c3cccc4ccccc34)ccc(NCC/N=C/c3cccc4ccccc34)c21. The summed E-state index contributed by atoms with van der Waals surface area (Å²) in [5, 5.41) is 32.2. The van der Waals surface area contributed by atoms with Gasteiger partial charge in [-0.05, 0) is 45.8 Å². The van der Waals surface area contributed by atoms with Crippen molar-refractivity contribution in [2.75, 3.05) is 36.8 Å². The number of benzene rings is 6. The topological polar surface area (TPSA) is 123 Å². The van der Waals surface area contributed by atoms with Crippen LogP contribution >= 0.6 is 0 Å². The summed E-state index contributed by atoms with van der Waals surface area (Å²) in [5.74, 6) is -1.82. The number of ketones is 2. The van der Waals surface area contributed by atoms with Gasteiger partial charge in [0.1, 0.15) is 11.5 Å². The quantitative estimate of drug-likeness (QED) is 0.0716. The molecule has 1 aliphatic rings. The number of nitrogens with zero attached hydrogens (tertiary/aromatic N) is 2. The number of aromatic hydroxyl groups is 2. The van der Waals surface area contributed by atoms with Crippen molar-refractivity contribution in [2.45, 2.75) is 0 Å². The van der Waals surface area contributed by atoms with Crippen LogP contribution in [-0.2, 0) is 0 Å². The number of rotatable bonds is 10. The molecule has 0 saturated heterocycles. The van der Waals surface area contributed by atoms with Gasteiger partial charge >= 0.3 is 0 Å². The second-order valence-electron chi connectivity index (χ2n) is 11.5. The van der Waals surface area contributed by atoms with Gasteiger partial charge in [0, 0.05) is 48.0 Å². The van der Waals surface area contributed by atoms with E-state index in [2.05, 4.69) is 57.0 Å². The third kappa shape index (κ3) is 5.76. The van der Waals surface area contributed by atoms with E-state index < -0.39 is 11.6 Å². The number of hydrogen-bond acceptors (Lipinski definition) is 8. The van der Waals surface area contributed by atoms with E-state index in [9.17, 15) is 19.8 Å². The van der Waals surface area contributed by atoms with Gasteiger partial charge in [-0.25, -0.2) is 0 Å². The first-order valence-corrected chi connectivity index (χ1v) is 15.8. The number of nitrogens with one attached hydrogen (secondary N) is 2. The van der Waals surface area contributed by atoms with Gasteiger partial charge in [0.15, 0.2) is 0 Å². The lowest BCUT2D eigenvalue weighted by Gasteiger charge is -2.24. The minimum absolute atomic E-state index is 0.135. The molecule has 7 rings (SSSR count). The molecule has 1 aliphatic carbocycles. The molecule has 0 saturated carbocycles. The average Bonchev–Trinajstić information content (AvgIpc) is 3.11. The zero-order valence-electron chi connectivity index (χ0n) is 26.0. The molecule has 0 aliphatic heterocycles. The molecule has 8 heteroatoms. The van der Waals surface area contributed by atoms with Gasteiger partial charge < -0.3 is 20.8 Å². The Labute approximate surface area is 277 Å². The Bertz CT molecular complexity index is 2100.